The topological polar surface area (TPSA) is 64.3 Å². The zero-order valence-electron chi connectivity index (χ0n) is 17.4. The fourth-order valence-corrected chi connectivity index (χ4v) is 3.86. The van der Waals surface area contributed by atoms with Crippen LogP contribution < -0.4 is 10.5 Å². The van der Waals surface area contributed by atoms with Gasteiger partial charge in [0.25, 0.3) is 0 Å². The molecule has 1 fully saturated rings. The van der Waals surface area contributed by atoms with E-state index in [1.165, 1.54) is 24.0 Å². The van der Waals surface area contributed by atoms with Gasteiger partial charge in [-0.05, 0) is 88.7 Å². The van der Waals surface area contributed by atoms with Crippen molar-refractivity contribution < 1.29 is 4.74 Å². The average Bonchev–Trinajstić information content (AvgIpc) is 3.19. The highest BCUT2D eigenvalue weighted by Crippen LogP contribution is 2.26. The monoisotopic (exact) mass is 382 g/mol. The second-order valence-electron chi connectivity index (χ2n) is 7.96. The zero-order valence-corrected chi connectivity index (χ0v) is 17.4. The van der Waals surface area contributed by atoms with Crippen LogP contribution in [0.5, 0.6) is 5.75 Å². The molecule has 2 aromatic rings. The average molecular weight is 383 g/mol. The Morgan fingerprint density at radius 3 is 2.64 bits per heavy atom. The number of aromatic nitrogens is 2. The van der Waals surface area contributed by atoms with Gasteiger partial charge in [-0.1, -0.05) is 6.07 Å². The summed E-state index contributed by atoms with van der Waals surface area (Å²) < 4.78 is 6.30. The Bertz CT molecular complexity index is 743. The van der Waals surface area contributed by atoms with E-state index < -0.39 is 0 Å². The molecule has 0 bridgehead atoms. The summed E-state index contributed by atoms with van der Waals surface area (Å²) in [6.45, 7) is 7.52. The number of aryl methyl sites for hydroxylation is 2. The lowest BCUT2D eigenvalue weighted by Gasteiger charge is -2.24. The van der Waals surface area contributed by atoms with E-state index in [9.17, 15) is 0 Å². The highest BCUT2D eigenvalue weighted by Gasteiger charge is 2.19. The molecule has 5 nitrogen and oxygen atoms in total. The second-order valence-corrected chi connectivity index (χ2v) is 7.96. The lowest BCUT2D eigenvalue weighted by Crippen LogP contribution is -2.26. The number of hydrogen-bond donors (Lipinski definition) is 1. The molecule has 28 heavy (non-hydrogen) atoms. The molecule has 2 heterocycles. The molecule has 1 aliphatic rings. The molecular weight excluding hydrogens is 348 g/mol. The Kier molecular flexibility index (Phi) is 7.80. The highest BCUT2D eigenvalue weighted by molar-refractivity contribution is 5.28. The molecule has 0 aromatic carbocycles. The number of nitrogens with zero attached hydrogens (tertiary/aromatic N) is 3. The van der Waals surface area contributed by atoms with Gasteiger partial charge in [0, 0.05) is 25.5 Å². The van der Waals surface area contributed by atoms with Crippen LogP contribution in [0.25, 0.3) is 0 Å². The SMILES string of the molecule is Cc1cnc(CN(CCCCN)Cc2ncccc2OC2CCCC2)c(C)c1. The Morgan fingerprint density at radius 1 is 1.11 bits per heavy atom. The number of ether oxygens (including phenoxy) is 1. The van der Waals surface area contributed by atoms with Crippen molar-refractivity contribution in [2.24, 2.45) is 5.73 Å². The van der Waals surface area contributed by atoms with Gasteiger partial charge < -0.3 is 10.5 Å². The first-order chi connectivity index (χ1) is 13.7. The molecule has 1 saturated carbocycles. The van der Waals surface area contributed by atoms with Crippen LogP contribution in [-0.4, -0.2) is 34.1 Å². The summed E-state index contributed by atoms with van der Waals surface area (Å²) in [6.07, 6.45) is 11.1. The summed E-state index contributed by atoms with van der Waals surface area (Å²) in [5.74, 6) is 0.937. The van der Waals surface area contributed by atoms with Crippen LogP contribution in [0.15, 0.2) is 30.6 Å². The van der Waals surface area contributed by atoms with Crippen molar-refractivity contribution in [2.75, 3.05) is 13.1 Å². The minimum Gasteiger partial charge on any atom is -0.488 e. The summed E-state index contributed by atoms with van der Waals surface area (Å²) in [6, 6.07) is 6.24. The third kappa shape index (κ3) is 6.01. The van der Waals surface area contributed by atoms with E-state index in [1.807, 2.05) is 18.5 Å². The lowest BCUT2D eigenvalue weighted by molar-refractivity contribution is 0.196. The largest absolute Gasteiger partial charge is 0.488 e. The number of hydrogen-bond acceptors (Lipinski definition) is 5. The maximum absolute atomic E-state index is 6.30. The third-order valence-corrected chi connectivity index (χ3v) is 5.44. The van der Waals surface area contributed by atoms with E-state index in [4.69, 9.17) is 10.5 Å². The second kappa shape index (κ2) is 10.5. The van der Waals surface area contributed by atoms with Crippen LogP contribution in [0, 0.1) is 13.8 Å². The molecule has 0 atom stereocenters. The van der Waals surface area contributed by atoms with Gasteiger partial charge in [-0.3, -0.25) is 14.9 Å². The van der Waals surface area contributed by atoms with Gasteiger partial charge >= 0.3 is 0 Å². The van der Waals surface area contributed by atoms with E-state index >= 15 is 0 Å². The molecule has 2 aromatic heterocycles. The Hall–Kier alpha value is -1.98. The number of unbranched alkanes of at least 4 members (excludes halogenated alkanes) is 1. The summed E-state index contributed by atoms with van der Waals surface area (Å²) >= 11 is 0. The molecule has 0 unspecified atom stereocenters. The quantitative estimate of drug-likeness (QED) is 0.625. The van der Waals surface area contributed by atoms with Gasteiger partial charge in [-0.25, -0.2) is 0 Å². The van der Waals surface area contributed by atoms with Crippen LogP contribution in [0.2, 0.25) is 0 Å². The van der Waals surface area contributed by atoms with Crippen molar-refractivity contribution in [2.45, 2.75) is 71.6 Å². The molecule has 152 valence electrons. The van der Waals surface area contributed by atoms with Gasteiger partial charge in [-0.2, -0.15) is 0 Å². The maximum Gasteiger partial charge on any atom is 0.142 e. The minimum atomic E-state index is 0.342. The van der Waals surface area contributed by atoms with Crippen molar-refractivity contribution in [3.05, 3.63) is 53.1 Å². The normalized spacial score (nSPS) is 14.7. The number of pyridine rings is 2. The first kappa shape index (κ1) is 20.7. The van der Waals surface area contributed by atoms with E-state index in [0.717, 1.165) is 69.0 Å². The summed E-state index contributed by atoms with van der Waals surface area (Å²) in [5, 5.41) is 0. The number of nitrogens with two attached hydrogens (primary N) is 1. The summed E-state index contributed by atoms with van der Waals surface area (Å²) in [4.78, 5) is 11.8. The molecule has 0 spiro atoms. The number of rotatable bonds is 10. The van der Waals surface area contributed by atoms with Gasteiger partial charge in [-0.15, -0.1) is 0 Å². The molecule has 0 aliphatic heterocycles. The van der Waals surface area contributed by atoms with E-state index in [2.05, 4.69) is 40.8 Å². The van der Waals surface area contributed by atoms with Crippen LogP contribution in [0.4, 0.5) is 0 Å². The Morgan fingerprint density at radius 2 is 1.89 bits per heavy atom. The van der Waals surface area contributed by atoms with E-state index in [-0.39, 0.29) is 0 Å². The lowest BCUT2D eigenvalue weighted by atomic mass is 10.1. The van der Waals surface area contributed by atoms with E-state index in [0.29, 0.717) is 6.10 Å². The van der Waals surface area contributed by atoms with Crippen molar-refractivity contribution in [1.29, 1.82) is 0 Å². The van der Waals surface area contributed by atoms with Crippen LogP contribution in [0.1, 0.15) is 61.0 Å². The fraction of sp³-hybridized carbons (Fsp3) is 0.565. The van der Waals surface area contributed by atoms with Crippen LogP contribution >= 0.6 is 0 Å². The van der Waals surface area contributed by atoms with Crippen molar-refractivity contribution in [1.82, 2.24) is 14.9 Å². The van der Waals surface area contributed by atoms with Gasteiger partial charge in [0.05, 0.1) is 17.5 Å². The molecule has 2 N–H and O–H groups in total. The minimum absolute atomic E-state index is 0.342. The molecule has 3 rings (SSSR count). The third-order valence-electron chi connectivity index (χ3n) is 5.44. The van der Waals surface area contributed by atoms with Gasteiger partial charge in [0.1, 0.15) is 5.75 Å². The van der Waals surface area contributed by atoms with Crippen molar-refractivity contribution in [3.63, 3.8) is 0 Å². The first-order valence-electron chi connectivity index (χ1n) is 10.6. The van der Waals surface area contributed by atoms with Crippen LogP contribution in [0.3, 0.4) is 0 Å². The van der Waals surface area contributed by atoms with Gasteiger partial charge in [0.15, 0.2) is 0 Å². The summed E-state index contributed by atoms with van der Waals surface area (Å²) in [7, 11) is 0. The predicted octanol–water partition coefficient (Wildman–Crippen LogP) is 4.16. The predicted molar refractivity (Wildman–Crippen MR) is 113 cm³/mol. The zero-order chi connectivity index (χ0) is 19.8. The fourth-order valence-electron chi connectivity index (χ4n) is 3.86. The first-order valence-corrected chi connectivity index (χ1v) is 10.6. The highest BCUT2D eigenvalue weighted by atomic mass is 16.5. The van der Waals surface area contributed by atoms with Gasteiger partial charge in [0.2, 0.25) is 0 Å². The smallest absolute Gasteiger partial charge is 0.142 e. The van der Waals surface area contributed by atoms with Crippen LogP contribution in [-0.2, 0) is 13.1 Å². The van der Waals surface area contributed by atoms with Crippen molar-refractivity contribution in [3.8, 4) is 5.75 Å². The molecule has 0 radical (unpaired) electrons. The molecular formula is C23H34N4O. The Labute approximate surface area is 169 Å². The standard InChI is InChI=1S/C23H34N4O/c1-18-14-19(2)21(26-15-18)16-27(13-6-5-11-24)17-22-23(10-7-12-25-22)28-20-8-3-4-9-20/h7,10,12,14-15,20H,3-6,8-9,11,13,16-17,24H2,1-2H3. The Balaban J connectivity index is 1.73. The molecule has 0 saturated heterocycles. The van der Waals surface area contributed by atoms with Crippen molar-refractivity contribution >= 4 is 0 Å². The van der Waals surface area contributed by atoms with E-state index in [1.54, 1.807) is 0 Å². The maximum atomic E-state index is 6.30. The molecule has 1 aliphatic carbocycles. The molecule has 0 amide bonds. The molecule has 5 heteroatoms. The summed E-state index contributed by atoms with van der Waals surface area (Å²) in [5.41, 5.74) is 10.3.